The van der Waals surface area contributed by atoms with Crippen molar-refractivity contribution >= 4 is 33.1 Å². The average Bonchev–Trinajstić information content (AvgIpc) is 2.87. The van der Waals surface area contributed by atoms with Gasteiger partial charge in [-0.05, 0) is 43.9 Å². The number of amidine groups is 1. The van der Waals surface area contributed by atoms with Gasteiger partial charge in [-0.15, -0.1) is 5.10 Å². The number of hydrogen-bond acceptors (Lipinski definition) is 4. The molecule has 0 unspecified atom stereocenters. The first-order valence-electron chi connectivity index (χ1n) is 14.3. The molecule has 1 aromatic rings. The van der Waals surface area contributed by atoms with Crippen molar-refractivity contribution in [1.82, 2.24) is 9.73 Å². The summed E-state index contributed by atoms with van der Waals surface area (Å²) in [6.07, 6.45) is 20.6. The zero-order valence-corrected chi connectivity index (χ0v) is 24.0. The van der Waals surface area contributed by atoms with Crippen LogP contribution in [0.15, 0.2) is 23.3 Å². The molecule has 0 amide bonds. The van der Waals surface area contributed by atoms with Crippen molar-refractivity contribution in [2.75, 3.05) is 24.6 Å². The summed E-state index contributed by atoms with van der Waals surface area (Å²) in [5, 5.41) is 4.85. The number of halogens is 1. The molecule has 1 heterocycles. The van der Waals surface area contributed by atoms with E-state index in [1.807, 2.05) is 0 Å². The first-order chi connectivity index (χ1) is 17.4. The number of sulfonamides is 1. The summed E-state index contributed by atoms with van der Waals surface area (Å²) in [6.45, 7) is 3.91. The second-order valence-electron chi connectivity index (χ2n) is 10.2. The minimum atomic E-state index is -3.50. The Bertz CT molecular complexity index is 870. The summed E-state index contributed by atoms with van der Waals surface area (Å²) in [5.74, 6) is 0.642. The Morgan fingerprint density at radius 2 is 1.42 bits per heavy atom. The number of likely N-dealkylation sites (tertiary alicyclic amines) is 1. The van der Waals surface area contributed by atoms with Gasteiger partial charge in [-0.3, -0.25) is 0 Å². The van der Waals surface area contributed by atoms with Crippen molar-refractivity contribution in [3.63, 3.8) is 0 Å². The molecule has 2 rings (SSSR count). The Hall–Kier alpha value is -1.47. The van der Waals surface area contributed by atoms with Gasteiger partial charge in [-0.25, -0.2) is 13.2 Å². The predicted octanol–water partition coefficient (Wildman–Crippen LogP) is 7.47. The van der Waals surface area contributed by atoms with Gasteiger partial charge in [0.25, 0.3) is 0 Å². The van der Waals surface area contributed by atoms with Gasteiger partial charge in [-0.1, -0.05) is 102 Å². The van der Waals surface area contributed by atoms with Gasteiger partial charge in [0.05, 0.1) is 10.8 Å². The molecule has 0 radical (unpaired) electrons. The minimum absolute atomic E-state index is 0.0898. The van der Waals surface area contributed by atoms with Crippen molar-refractivity contribution in [3.8, 4) is 0 Å². The lowest BCUT2D eigenvalue weighted by atomic mass is 10.0. The number of nitrogens with one attached hydrogen (secondary N) is 1. The second kappa shape index (κ2) is 17.9. The van der Waals surface area contributed by atoms with E-state index in [4.69, 9.17) is 17.3 Å². The van der Waals surface area contributed by atoms with Gasteiger partial charge in [0.1, 0.15) is 0 Å². The highest BCUT2D eigenvalue weighted by atomic mass is 35.5. The van der Waals surface area contributed by atoms with Crippen LogP contribution < -0.4 is 10.6 Å². The van der Waals surface area contributed by atoms with Crippen LogP contribution in [0.2, 0.25) is 5.02 Å². The van der Waals surface area contributed by atoms with Crippen LogP contribution in [-0.4, -0.2) is 38.0 Å². The van der Waals surface area contributed by atoms with Gasteiger partial charge in [0.2, 0.25) is 10.0 Å². The fourth-order valence-corrected chi connectivity index (χ4v) is 5.87. The number of unbranched alkanes of at least 4 members (excludes halogenated alkanes) is 13. The number of nitrogens with two attached hydrogens (primary N) is 1. The van der Waals surface area contributed by atoms with E-state index in [9.17, 15) is 8.42 Å². The van der Waals surface area contributed by atoms with Crippen LogP contribution in [0.5, 0.6) is 0 Å². The van der Waals surface area contributed by atoms with Crippen LogP contribution in [0.3, 0.4) is 0 Å². The van der Waals surface area contributed by atoms with E-state index in [1.54, 1.807) is 18.2 Å². The number of nitrogen functional groups attached to an aromatic ring is 1. The van der Waals surface area contributed by atoms with Crippen molar-refractivity contribution in [1.29, 1.82) is 0 Å². The Morgan fingerprint density at radius 3 is 1.97 bits per heavy atom. The lowest BCUT2D eigenvalue weighted by Gasteiger charge is -2.30. The van der Waals surface area contributed by atoms with E-state index in [0.29, 0.717) is 28.5 Å². The molecule has 1 aliphatic heterocycles. The number of rotatable bonds is 18. The van der Waals surface area contributed by atoms with Gasteiger partial charge in [0, 0.05) is 24.3 Å². The number of hydrazone groups is 1. The zero-order chi connectivity index (χ0) is 26.1. The maximum Gasteiger partial charge on any atom is 0.247 e. The number of anilines is 1. The fourth-order valence-electron chi connectivity index (χ4n) is 4.77. The fraction of sp³-hybridized carbons (Fsp3) is 0.750. The summed E-state index contributed by atoms with van der Waals surface area (Å²) in [6, 6.07) is 5.23. The highest BCUT2D eigenvalue weighted by Crippen LogP contribution is 2.23. The van der Waals surface area contributed by atoms with Gasteiger partial charge in [-0.2, -0.15) is 0 Å². The largest absolute Gasteiger partial charge is 0.399 e. The Kier molecular flexibility index (Phi) is 15.3. The van der Waals surface area contributed by atoms with Crippen LogP contribution in [0, 0.1) is 0 Å². The molecule has 0 bridgehead atoms. The third-order valence-electron chi connectivity index (χ3n) is 6.94. The third-order valence-corrected chi connectivity index (χ3v) is 8.47. The van der Waals surface area contributed by atoms with Gasteiger partial charge >= 0.3 is 0 Å². The summed E-state index contributed by atoms with van der Waals surface area (Å²) >= 11 is 6.42. The van der Waals surface area contributed by atoms with Crippen molar-refractivity contribution < 1.29 is 8.42 Å². The van der Waals surface area contributed by atoms with Crippen molar-refractivity contribution in [2.24, 2.45) is 5.10 Å². The van der Waals surface area contributed by atoms with E-state index in [0.717, 1.165) is 38.8 Å². The van der Waals surface area contributed by atoms with E-state index >= 15 is 0 Å². The first-order valence-corrected chi connectivity index (χ1v) is 16.3. The van der Waals surface area contributed by atoms with E-state index in [2.05, 4.69) is 21.8 Å². The van der Waals surface area contributed by atoms with Gasteiger partial charge < -0.3 is 10.6 Å². The highest BCUT2D eigenvalue weighted by molar-refractivity contribution is 7.89. The molecule has 1 fully saturated rings. The monoisotopic (exact) mass is 540 g/mol. The van der Waals surface area contributed by atoms with Gasteiger partial charge in [0.15, 0.2) is 5.84 Å². The molecular weight excluding hydrogens is 492 g/mol. The van der Waals surface area contributed by atoms with Crippen LogP contribution in [0.25, 0.3) is 0 Å². The van der Waals surface area contributed by atoms with E-state index < -0.39 is 10.0 Å². The zero-order valence-electron chi connectivity index (χ0n) is 22.4. The third kappa shape index (κ3) is 12.7. The summed E-state index contributed by atoms with van der Waals surface area (Å²) in [5.41, 5.74) is 7.21. The number of piperidine rings is 1. The molecule has 1 saturated heterocycles. The molecular formula is C28H49ClN4O2S. The molecule has 0 aliphatic carbocycles. The lowest BCUT2D eigenvalue weighted by molar-refractivity contribution is 0.341. The SMILES string of the molecule is CCCCCCCCCCCCCCCCS(=O)(=O)N/N=C(/c1cc(N)ccc1Cl)N1CCCCC1. The molecule has 1 aromatic carbocycles. The highest BCUT2D eigenvalue weighted by Gasteiger charge is 2.20. The molecule has 3 N–H and O–H groups in total. The molecule has 0 atom stereocenters. The lowest BCUT2D eigenvalue weighted by Crippen LogP contribution is -2.38. The summed E-state index contributed by atoms with van der Waals surface area (Å²) in [4.78, 5) is 4.56. The van der Waals surface area contributed by atoms with Crippen LogP contribution in [0.4, 0.5) is 5.69 Å². The molecule has 0 aromatic heterocycles. The van der Waals surface area contributed by atoms with Crippen LogP contribution >= 0.6 is 11.6 Å². The Labute approximate surface area is 225 Å². The normalized spacial score (nSPS) is 14.8. The maximum absolute atomic E-state index is 12.6. The molecule has 6 nitrogen and oxygen atoms in total. The van der Waals surface area contributed by atoms with Crippen LogP contribution in [-0.2, 0) is 10.0 Å². The molecule has 0 spiro atoms. The van der Waals surface area contributed by atoms with Crippen LogP contribution in [0.1, 0.15) is 122 Å². The average molecular weight is 541 g/mol. The standard InChI is InChI=1S/C28H49ClN4O2S/c1-2-3-4-5-6-7-8-9-10-11-12-13-14-18-23-36(34,35)32-31-28(33-21-16-15-17-22-33)26-24-25(30)19-20-27(26)29/h19-20,24,32H,2-18,21-23,30H2,1H3/b31-28-. The molecule has 36 heavy (non-hydrogen) atoms. The van der Waals surface area contributed by atoms with E-state index in [-0.39, 0.29) is 5.75 Å². The Balaban J connectivity index is 1.68. The quantitative estimate of drug-likeness (QED) is 0.0664. The summed E-state index contributed by atoms with van der Waals surface area (Å²) in [7, 11) is -3.50. The minimum Gasteiger partial charge on any atom is -0.399 e. The number of nitrogens with zero attached hydrogens (tertiary/aromatic N) is 2. The maximum atomic E-state index is 12.6. The predicted molar refractivity (Wildman–Crippen MR) is 155 cm³/mol. The number of hydrogen-bond donors (Lipinski definition) is 2. The Morgan fingerprint density at radius 1 is 0.889 bits per heavy atom. The smallest absolute Gasteiger partial charge is 0.247 e. The van der Waals surface area contributed by atoms with E-state index in [1.165, 1.54) is 77.0 Å². The topological polar surface area (TPSA) is 87.8 Å². The molecule has 206 valence electrons. The van der Waals surface area contributed by atoms with Crippen molar-refractivity contribution in [3.05, 3.63) is 28.8 Å². The first kappa shape index (κ1) is 30.8. The molecule has 8 heteroatoms. The summed E-state index contributed by atoms with van der Waals surface area (Å²) < 4.78 is 25.3. The molecule has 0 saturated carbocycles. The van der Waals surface area contributed by atoms with Crippen molar-refractivity contribution in [2.45, 2.75) is 116 Å². The number of benzene rings is 1. The second-order valence-corrected chi connectivity index (χ2v) is 12.5. The molecule has 1 aliphatic rings.